The molecular weight excluding hydrogens is 410 g/mol. The average molecular weight is 440 g/mol. The summed E-state index contributed by atoms with van der Waals surface area (Å²) in [5, 5.41) is 9.74. The zero-order valence-electron chi connectivity index (χ0n) is 17.2. The van der Waals surface area contributed by atoms with Crippen molar-refractivity contribution in [2.75, 3.05) is 46.9 Å². The summed E-state index contributed by atoms with van der Waals surface area (Å²) in [5.41, 5.74) is 0. The van der Waals surface area contributed by atoms with Crippen LogP contribution in [0.15, 0.2) is 41.3 Å². The highest BCUT2D eigenvalue weighted by molar-refractivity contribution is 7.89. The minimum atomic E-state index is -3.91. The predicted molar refractivity (Wildman–Crippen MR) is 111 cm³/mol. The molecule has 1 amide bonds. The summed E-state index contributed by atoms with van der Waals surface area (Å²) in [6, 6.07) is 5.53. The van der Waals surface area contributed by atoms with E-state index in [-0.39, 0.29) is 29.6 Å². The lowest BCUT2D eigenvalue weighted by Gasteiger charge is -2.35. The van der Waals surface area contributed by atoms with Gasteiger partial charge >= 0.3 is 0 Å². The van der Waals surface area contributed by atoms with Gasteiger partial charge in [0.15, 0.2) is 0 Å². The number of benzene rings is 1. The summed E-state index contributed by atoms with van der Waals surface area (Å²) < 4.78 is 39.1. The minimum Gasteiger partial charge on any atom is -0.495 e. The Balaban J connectivity index is 1.65. The van der Waals surface area contributed by atoms with Crippen LogP contribution in [0.4, 0.5) is 0 Å². The normalized spacial score (nSPS) is 25.3. The molecule has 2 N–H and O–H groups in total. The molecule has 2 aliphatic rings. The van der Waals surface area contributed by atoms with Crippen molar-refractivity contribution in [2.45, 2.75) is 29.6 Å². The number of sulfonamides is 1. The van der Waals surface area contributed by atoms with Crippen LogP contribution in [0, 0.1) is 0 Å². The third-order valence-corrected chi connectivity index (χ3v) is 6.84. The number of para-hydroxylation sites is 1. The molecule has 2 aliphatic heterocycles. The van der Waals surface area contributed by atoms with Crippen molar-refractivity contribution in [2.24, 2.45) is 0 Å². The maximum atomic E-state index is 12.8. The van der Waals surface area contributed by atoms with Crippen LogP contribution in [0.25, 0.3) is 0 Å². The van der Waals surface area contributed by atoms with E-state index in [9.17, 15) is 18.3 Å². The first kappa shape index (κ1) is 22.7. The van der Waals surface area contributed by atoms with Crippen molar-refractivity contribution in [3.8, 4) is 5.75 Å². The highest BCUT2D eigenvalue weighted by Gasteiger charge is 2.33. The van der Waals surface area contributed by atoms with Gasteiger partial charge in [0.25, 0.3) is 0 Å². The zero-order valence-corrected chi connectivity index (χ0v) is 18.0. The van der Waals surface area contributed by atoms with E-state index in [0.29, 0.717) is 13.1 Å². The summed E-state index contributed by atoms with van der Waals surface area (Å²) in [7, 11) is -0.486. The number of hydrogen-bond acceptors (Lipinski definition) is 7. The van der Waals surface area contributed by atoms with Crippen molar-refractivity contribution in [3.05, 3.63) is 36.4 Å². The first-order valence-corrected chi connectivity index (χ1v) is 11.4. The summed E-state index contributed by atoms with van der Waals surface area (Å²) in [4.78, 5) is 16.5. The first-order chi connectivity index (χ1) is 14.3. The number of likely N-dealkylation sites (N-methyl/N-ethyl adjacent to an activating group) is 1. The average Bonchev–Trinajstić information content (AvgIpc) is 2.75. The lowest BCUT2D eigenvalue weighted by atomic mass is 10.1. The van der Waals surface area contributed by atoms with Crippen LogP contribution >= 0.6 is 0 Å². The van der Waals surface area contributed by atoms with Crippen LogP contribution in [0.3, 0.4) is 0 Å². The van der Waals surface area contributed by atoms with Gasteiger partial charge in [0, 0.05) is 26.2 Å². The molecule has 0 spiro atoms. The van der Waals surface area contributed by atoms with Gasteiger partial charge in [-0.3, -0.25) is 4.79 Å². The molecule has 0 radical (unpaired) electrons. The molecule has 0 saturated carbocycles. The van der Waals surface area contributed by atoms with Gasteiger partial charge in [0.1, 0.15) is 16.7 Å². The van der Waals surface area contributed by atoms with E-state index in [4.69, 9.17) is 9.47 Å². The summed E-state index contributed by atoms with van der Waals surface area (Å²) in [5.74, 6) is 0.212. The Morgan fingerprint density at radius 3 is 2.60 bits per heavy atom. The summed E-state index contributed by atoms with van der Waals surface area (Å²) in [6.07, 6.45) is 2.16. The number of ether oxygens (including phenoxy) is 2. The third kappa shape index (κ3) is 5.38. The Morgan fingerprint density at radius 2 is 1.93 bits per heavy atom. The van der Waals surface area contributed by atoms with E-state index in [0.717, 1.165) is 13.1 Å². The number of carbonyl (C=O) groups is 1. The Kier molecular flexibility index (Phi) is 7.48. The fourth-order valence-corrected chi connectivity index (χ4v) is 4.94. The molecule has 0 aromatic heterocycles. The van der Waals surface area contributed by atoms with Crippen LogP contribution in [-0.4, -0.2) is 94.4 Å². The van der Waals surface area contributed by atoms with Crippen LogP contribution in [0.1, 0.15) is 6.42 Å². The van der Waals surface area contributed by atoms with Crippen molar-refractivity contribution in [1.29, 1.82) is 0 Å². The molecule has 1 fully saturated rings. The molecule has 1 saturated heterocycles. The van der Waals surface area contributed by atoms with Crippen LogP contribution < -0.4 is 9.46 Å². The maximum absolute atomic E-state index is 12.8. The molecule has 0 bridgehead atoms. The van der Waals surface area contributed by atoms with E-state index < -0.39 is 28.3 Å². The summed E-state index contributed by atoms with van der Waals surface area (Å²) in [6.45, 7) is 2.63. The smallest absolute Gasteiger partial charge is 0.244 e. The van der Waals surface area contributed by atoms with Gasteiger partial charge in [-0.25, -0.2) is 13.1 Å². The van der Waals surface area contributed by atoms with Crippen molar-refractivity contribution in [3.63, 3.8) is 0 Å². The van der Waals surface area contributed by atoms with Crippen LogP contribution in [-0.2, 0) is 19.6 Å². The lowest BCUT2D eigenvalue weighted by Crippen LogP contribution is -2.50. The van der Waals surface area contributed by atoms with Gasteiger partial charge in [-0.2, -0.15) is 0 Å². The number of carbonyl (C=O) groups excluding carboxylic acids is 1. The predicted octanol–water partition coefficient (Wildman–Crippen LogP) is -0.178. The quantitative estimate of drug-likeness (QED) is 0.568. The van der Waals surface area contributed by atoms with Gasteiger partial charge in [-0.15, -0.1) is 0 Å². The third-order valence-electron chi connectivity index (χ3n) is 5.34. The number of piperazine rings is 1. The van der Waals surface area contributed by atoms with Gasteiger partial charge in [-0.1, -0.05) is 24.3 Å². The lowest BCUT2D eigenvalue weighted by molar-refractivity contribution is -0.136. The Bertz CT molecular complexity index is 867. The number of nitrogens with one attached hydrogen (secondary N) is 1. The SMILES string of the molecule is COc1ccccc1S(=O)(=O)N[C@@H]1C=C[C@@H](CC(=O)N2CCN(C)CC2)O[C@@H]1CO. The maximum Gasteiger partial charge on any atom is 0.244 e. The number of aliphatic hydroxyl groups is 1. The van der Waals surface area contributed by atoms with Crippen LogP contribution in [0.2, 0.25) is 0 Å². The molecule has 9 nitrogen and oxygen atoms in total. The van der Waals surface area contributed by atoms with Gasteiger partial charge in [-0.05, 0) is 19.2 Å². The number of amides is 1. The number of nitrogens with zero attached hydrogens (tertiary/aromatic N) is 2. The van der Waals surface area contributed by atoms with Crippen LogP contribution in [0.5, 0.6) is 5.75 Å². The number of methoxy groups -OCH3 is 1. The Hall–Kier alpha value is -1.98. The molecule has 1 aromatic carbocycles. The van der Waals surface area contributed by atoms with E-state index in [1.807, 2.05) is 11.9 Å². The molecule has 2 heterocycles. The van der Waals surface area contributed by atoms with Gasteiger partial charge in [0.05, 0.1) is 32.3 Å². The standard InChI is InChI=1S/C20H29N3O6S/c1-22-9-11-23(12-10-22)20(25)13-15-7-8-16(18(14-24)29-15)21-30(26,27)19-6-4-3-5-17(19)28-2/h3-8,15-16,18,21,24H,9-14H2,1-2H3/t15-,16+,18+/m0/s1. The summed E-state index contributed by atoms with van der Waals surface area (Å²) >= 11 is 0. The minimum absolute atomic E-state index is 0.00459. The van der Waals surface area contributed by atoms with Crippen molar-refractivity contribution in [1.82, 2.24) is 14.5 Å². The number of hydrogen-bond donors (Lipinski definition) is 2. The van der Waals surface area contributed by atoms with E-state index >= 15 is 0 Å². The van der Waals surface area contributed by atoms with Crippen molar-refractivity contribution >= 4 is 15.9 Å². The molecule has 1 aromatic rings. The van der Waals surface area contributed by atoms with E-state index in [1.54, 1.807) is 30.4 Å². The molecule has 0 aliphatic carbocycles. The molecule has 10 heteroatoms. The second-order valence-corrected chi connectivity index (χ2v) is 9.15. The topological polar surface area (TPSA) is 108 Å². The number of rotatable bonds is 7. The first-order valence-electron chi connectivity index (χ1n) is 9.90. The Morgan fingerprint density at radius 1 is 1.23 bits per heavy atom. The number of aliphatic hydroxyl groups excluding tert-OH is 1. The highest BCUT2D eigenvalue weighted by atomic mass is 32.2. The zero-order chi connectivity index (χ0) is 21.7. The molecule has 30 heavy (non-hydrogen) atoms. The van der Waals surface area contributed by atoms with Gasteiger partial charge < -0.3 is 24.4 Å². The van der Waals surface area contributed by atoms with Crippen molar-refractivity contribution < 1.29 is 27.8 Å². The molecule has 166 valence electrons. The van der Waals surface area contributed by atoms with E-state index in [1.165, 1.54) is 13.2 Å². The Labute approximate surface area is 177 Å². The monoisotopic (exact) mass is 439 g/mol. The highest BCUT2D eigenvalue weighted by Crippen LogP contribution is 2.24. The fourth-order valence-electron chi connectivity index (χ4n) is 3.55. The van der Waals surface area contributed by atoms with Gasteiger partial charge in [0.2, 0.25) is 15.9 Å². The van der Waals surface area contributed by atoms with E-state index in [2.05, 4.69) is 9.62 Å². The molecule has 3 rings (SSSR count). The fraction of sp³-hybridized carbons (Fsp3) is 0.550. The molecule has 0 unspecified atom stereocenters. The largest absolute Gasteiger partial charge is 0.495 e. The second-order valence-electron chi connectivity index (χ2n) is 7.47. The second kappa shape index (κ2) is 9.88. The molecular formula is C20H29N3O6S. The molecule has 3 atom stereocenters.